The van der Waals surface area contributed by atoms with Gasteiger partial charge in [0.05, 0.1) is 11.0 Å². The number of fused-ring (bicyclic) bond motifs is 7. The van der Waals surface area contributed by atoms with Crippen LogP contribution in [0, 0.1) is 67.5 Å². The molecule has 1 aromatic carbocycles. The Hall–Kier alpha value is -2.74. The summed E-state index contributed by atoms with van der Waals surface area (Å²) >= 11 is 0. The second-order valence-electron chi connectivity index (χ2n) is 16.9. The molecule has 0 radical (unpaired) electrons. The van der Waals surface area contributed by atoms with E-state index in [-0.39, 0.29) is 69.6 Å². The summed E-state index contributed by atoms with van der Waals surface area (Å²) in [5.74, 6) is -0.0434. The van der Waals surface area contributed by atoms with Gasteiger partial charge in [-0.25, -0.2) is 0 Å². The maximum absolute atomic E-state index is 14.7. The van der Waals surface area contributed by atoms with Crippen LogP contribution in [0.4, 0.5) is 0 Å². The maximum atomic E-state index is 14.7. The molecule has 1 aromatic rings. The smallest absolute Gasteiger partial charge is 0.312 e. The van der Waals surface area contributed by atoms with E-state index >= 15 is 0 Å². The SMILES string of the molecule is CC1(C)CCC2(C(=O)OCc3ccccc3)CCC3(C)C(C(=O)CC4C5(C)C=C(C#N)C(=O)C(C)(C)C5CCC43C)C2C1. The quantitative estimate of drug-likeness (QED) is 0.336. The Morgan fingerprint density at radius 1 is 0.907 bits per heavy atom. The number of allylic oxidation sites excluding steroid dienone is 2. The highest BCUT2D eigenvalue weighted by Crippen LogP contribution is 2.75. The van der Waals surface area contributed by atoms with Crippen LogP contribution in [0.5, 0.6) is 0 Å². The zero-order valence-electron chi connectivity index (χ0n) is 27.2. The van der Waals surface area contributed by atoms with Crippen LogP contribution in [0.25, 0.3) is 0 Å². The fraction of sp³-hybridized carbons (Fsp3) is 0.684. The number of nitrogens with zero attached hydrogens (tertiary/aromatic N) is 1. The van der Waals surface area contributed by atoms with Gasteiger partial charge in [-0.05, 0) is 89.9 Å². The highest BCUT2D eigenvalue weighted by Gasteiger charge is 2.73. The molecule has 4 fully saturated rings. The van der Waals surface area contributed by atoms with Crippen LogP contribution in [0.2, 0.25) is 0 Å². The van der Waals surface area contributed by atoms with E-state index in [1.54, 1.807) is 0 Å². The summed E-state index contributed by atoms with van der Waals surface area (Å²) in [7, 11) is 0. The fourth-order valence-corrected chi connectivity index (χ4v) is 11.5. The number of nitriles is 1. The van der Waals surface area contributed by atoms with E-state index in [1.807, 2.05) is 50.3 Å². The minimum atomic E-state index is -0.645. The lowest BCUT2D eigenvalue weighted by molar-refractivity contribution is -0.227. The zero-order valence-corrected chi connectivity index (χ0v) is 27.2. The van der Waals surface area contributed by atoms with Crippen LogP contribution in [0.15, 0.2) is 42.0 Å². The molecule has 43 heavy (non-hydrogen) atoms. The molecule has 230 valence electrons. The van der Waals surface area contributed by atoms with Crippen LogP contribution in [-0.2, 0) is 25.7 Å². The minimum absolute atomic E-state index is 0.0392. The van der Waals surface area contributed by atoms with E-state index < -0.39 is 16.2 Å². The highest BCUT2D eigenvalue weighted by atomic mass is 16.5. The van der Waals surface area contributed by atoms with Gasteiger partial charge in [0, 0.05) is 17.8 Å². The average Bonchev–Trinajstić information content (AvgIpc) is 2.95. The summed E-state index contributed by atoms with van der Waals surface area (Å²) in [6.45, 7) is 15.8. The van der Waals surface area contributed by atoms with Crippen molar-refractivity contribution in [3.63, 3.8) is 0 Å². The van der Waals surface area contributed by atoms with E-state index in [0.717, 1.165) is 50.5 Å². The van der Waals surface area contributed by atoms with Crippen LogP contribution in [0.3, 0.4) is 0 Å². The third kappa shape index (κ3) is 4.10. The van der Waals surface area contributed by atoms with Gasteiger partial charge in [0.2, 0.25) is 0 Å². The van der Waals surface area contributed by atoms with Crippen molar-refractivity contribution in [1.29, 1.82) is 5.26 Å². The Bertz CT molecular complexity index is 1430. The second kappa shape index (κ2) is 9.63. The molecule has 0 heterocycles. The average molecular weight is 584 g/mol. The normalized spacial score (nSPS) is 42.7. The predicted molar refractivity (Wildman–Crippen MR) is 165 cm³/mol. The van der Waals surface area contributed by atoms with Gasteiger partial charge in [0.25, 0.3) is 0 Å². The third-order valence-electron chi connectivity index (χ3n) is 14.1. The van der Waals surface area contributed by atoms with Crippen molar-refractivity contribution in [2.45, 2.75) is 106 Å². The van der Waals surface area contributed by atoms with Crippen LogP contribution in [-0.4, -0.2) is 17.5 Å². The van der Waals surface area contributed by atoms with Gasteiger partial charge in [0.1, 0.15) is 18.5 Å². The number of hydrogen-bond donors (Lipinski definition) is 0. The maximum Gasteiger partial charge on any atom is 0.312 e. The van der Waals surface area contributed by atoms with Crippen molar-refractivity contribution in [2.24, 2.45) is 56.2 Å². The molecule has 5 heteroatoms. The molecule has 5 aliphatic rings. The van der Waals surface area contributed by atoms with Crippen molar-refractivity contribution in [2.75, 3.05) is 0 Å². The number of carbonyl (C=O) groups is 3. The first-order valence-corrected chi connectivity index (χ1v) is 16.5. The van der Waals surface area contributed by atoms with Crippen LogP contribution in [0.1, 0.15) is 105 Å². The van der Waals surface area contributed by atoms with Gasteiger partial charge < -0.3 is 4.74 Å². The zero-order chi connectivity index (χ0) is 31.2. The van der Waals surface area contributed by atoms with Crippen molar-refractivity contribution in [3.8, 4) is 6.07 Å². The predicted octanol–water partition coefficient (Wildman–Crippen LogP) is 8.03. The van der Waals surface area contributed by atoms with Crippen molar-refractivity contribution >= 4 is 17.5 Å². The summed E-state index contributed by atoms with van der Waals surface area (Å²) in [6.07, 6.45) is 8.37. The summed E-state index contributed by atoms with van der Waals surface area (Å²) in [5, 5.41) is 9.97. The van der Waals surface area contributed by atoms with Gasteiger partial charge in [-0.3, -0.25) is 14.4 Å². The van der Waals surface area contributed by atoms with Gasteiger partial charge in [0.15, 0.2) is 5.78 Å². The Balaban J connectivity index is 1.40. The number of Topliss-reactive ketones (excluding diaryl/α,β-unsaturated/α-hetero) is 2. The van der Waals surface area contributed by atoms with Crippen molar-refractivity contribution in [1.82, 2.24) is 0 Å². The topological polar surface area (TPSA) is 84.2 Å². The van der Waals surface area contributed by atoms with E-state index in [4.69, 9.17) is 4.74 Å². The number of esters is 1. The molecular formula is C38H49NO4. The van der Waals surface area contributed by atoms with E-state index in [9.17, 15) is 19.6 Å². The van der Waals surface area contributed by atoms with Crippen molar-refractivity contribution < 1.29 is 19.1 Å². The standard InChI is InChI=1S/C38H49NO4/c1-33(2)15-17-38(32(42)43-23-24-11-9-8-10-12-24)18-16-37(7)30(26(38)21-33)27(40)19-29-35(5)20-25(22-39)31(41)34(3,4)28(35)13-14-36(29,37)6/h8-12,20,26,28-30H,13-19,21,23H2,1-7H3. The number of ether oxygens (including phenoxy) is 1. The van der Waals surface area contributed by atoms with Crippen LogP contribution < -0.4 is 0 Å². The molecule has 6 rings (SSSR count). The lowest BCUT2D eigenvalue weighted by Crippen LogP contribution is -2.69. The minimum Gasteiger partial charge on any atom is -0.460 e. The molecule has 8 unspecified atom stereocenters. The first-order valence-electron chi connectivity index (χ1n) is 16.5. The third-order valence-corrected chi connectivity index (χ3v) is 14.1. The van der Waals surface area contributed by atoms with E-state index in [2.05, 4.69) is 40.7 Å². The molecule has 8 atom stereocenters. The molecule has 0 spiro atoms. The van der Waals surface area contributed by atoms with Gasteiger partial charge in [-0.15, -0.1) is 0 Å². The summed E-state index contributed by atoms with van der Waals surface area (Å²) < 4.78 is 6.10. The lowest BCUT2D eigenvalue weighted by atomic mass is 9.31. The molecular weight excluding hydrogens is 534 g/mol. The number of ketones is 2. The molecule has 0 aromatic heterocycles. The molecule has 0 bridgehead atoms. The molecule has 0 aliphatic heterocycles. The summed E-state index contributed by atoms with van der Waals surface area (Å²) in [6, 6.07) is 12.1. The van der Waals surface area contributed by atoms with Crippen molar-refractivity contribution in [3.05, 3.63) is 47.5 Å². The molecule has 5 nitrogen and oxygen atoms in total. The van der Waals surface area contributed by atoms with E-state index in [0.29, 0.717) is 6.42 Å². The molecule has 5 aliphatic carbocycles. The first kappa shape index (κ1) is 30.3. The number of rotatable bonds is 3. The summed E-state index contributed by atoms with van der Waals surface area (Å²) in [5.41, 5.74) is -0.866. The first-order chi connectivity index (χ1) is 20.1. The summed E-state index contributed by atoms with van der Waals surface area (Å²) in [4.78, 5) is 42.3. The number of carbonyl (C=O) groups excluding carboxylic acids is 3. The fourth-order valence-electron chi connectivity index (χ4n) is 11.5. The molecule has 4 saturated carbocycles. The Labute approximate surface area is 257 Å². The van der Waals surface area contributed by atoms with Gasteiger partial charge in [-0.2, -0.15) is 5.26 Å². The molecule has 0 saturated heterocycles. The largest absolute Gasteiger partial charge is 0.460 e. The number of benzene rings is 1. The number of hydrogen-bond acceptors (Lipinski definition) is 5. The lowest BCUT2D eigenvalue weighted by Gasteiger charge is -2.71. The van der Waals surface area contributed by atoms with Crippen LogP contribution >= 0.6 is 0 Å². The monoisotopic (exact) mass is 583 g/mol. The highest BCUT2D eigenvalue weighted by molar-refractivity contribution is 6.04. The Morgan fingerprint density at radius 3 is 2.26 bits per heavy atom. The van der Waals surface area contributed by atoms with Gasteiger partial charge in [-0.1, -0.05) is 84.9 Å². The Morgan fingerprint density at radius 2 is 1.58 bits per heavy atom. The Kier molecular flexibility index (Phi) is 6.78. The second-order valence-corrected chi connectivity index (χ2v) is 16.9. The van der Waals surface area contributed by atoms with E-state index in [1.165, 1.54) is 0 Å². The molecule has 0 amide bonds. The molecule has 0 N–H and O–H groups in total. The van der Waals surface area contributed by atoms with Gasteiger partial charge >= 0.3 is 5.97 Å².